The van der Waals surface area contributed by atoms with E-state index in [4.69, 9.17) is 14.5 Å². The zero-order valence-electron chi connectivity index (χ0n) is 19.3. The lowest BCUT2D eigenvalue weighted by Crippen LogP contribution is -2.08. The molecule has 0 radical (unpaired) electrons. The fourth-order valence-electron chi connectivity index (χ4n) is 4.23. The molecule has 30 heavy (non-hydrogen) atoms. The van der Waals surface area contributed by atoms with Gasteiger partial charge >= 0.3 is 0 Å². The van der Waals surface area contributed by atoms with Gasteiger partial charge in [-0.1, -0.05) is 38.1 Å². The van der Waals surface area contributed by atoms with Crippen LogP contribution in [0.5, 0.6) is 11.5 Å². The van der Waals surface area contributed by atoms with Gasteiger partial charge in [-0.05, 0) is 74.9 Å². The first-order chi connectivity index (χ1) is 14.4. The second-order valence-corrected chi connectivity index (χ2v) is 7.95. The van der Waals surface area contributed by atoms with Crippen LogP contribution >= 0.6 is 0 Å². The minimum atomic E-state index is 0.433. The summed E-state index contributed by atoms with van der Waals surface area (Å²) >= 11 is 0. The summed E-state index contributed by atoms with van der Waals surface area (Å²) in [5, 5.41) is 0. The Morgan fingerprint density at radius 1 is 0.867 bits per heavy atom. The van der Waals surface area contributed by atoms with Crippen molar-refractivity contribution in [2.45, 2.75) is 61.0 Å². The van der Waals surface area contributed by atoms with Crippen LogP contribution in [0.3, 0.4) is 0 Å². The van der Waals surface area contributed by atoms with Crippen molar-refractivity contribution in [2.75, 3.05) is 7.11 Å². The first-order valence-corrected chi connectivity index (χ1v) is 10.8. The Kier molecular flexibility index (Phi) is 6.81. The van der Waals surface area contributed by atoms with Gasteiger partial charge in [-0.25, -0.2) is 0 Å². The molecule has 0 fully saturated rings. The number of methoxy groups -OCH3 is 1. The summed E-state index contributed by atoms with van der Waals surface area (Å²) in [4.78, 5) is 5.06. The van der Waals surface area contributed by atoms with Crippen LogP contribution in [0.4, 0.5) is 0 Å². The monoisotopic (exact) mass is 403 g/mol. The van der Waals surface area contributed by atoms with E-state index >= 15 is 0 Å². The van der Waals surface area contributed by atoms with Crippen molar-refractivity contribution in [1.82, 2.24) is 4.98 Å². The maximum Gasteiger partial charge on any atom is 0.132 e. The number of aryl methyl sites for hydroxylation is 5. The van der Waals surface area contributed by atoms with Crippen molar-refractivity contribution in [3.05, 3.63) is 75.5 Å². The predicted molar refractivity (Wildman–Crippen MR) is 125 cm³/mol. The largest absolute Gasteiger partial charge is 0.496 e. The lowest BCUT2D eigenvalue weighted by molar-refractivity contribution is 0.294. The maximum absolute atomic E-state index is 6.15. The number of rotatable bonds is 7. The van der Waals surface area contributed by atoms with Crippen LogP contribution in [-0.4, -0.2) is 12.1 Å². The third-order valence-electron chi connectivity index (χ3n) is 5.70. The Balaban J connectivity index is 2.06. The molecule has 3 heteroatoms. The number of nitrogens with zero attached hydrogens (tertiary/aromatic N) is 1. The van der Waals surface area contributed by atoms with E-state index in [9.17, 15) is 0 Å². The van der Waals surface area contributed by atoms with Gasteiger partial charge in [-0.2, -0.15) is 0 Å². The molecule has 0 aliphatic carbocycles. The van der Waals surface area contributed by atoms with Crippen LogP contribution in [0.1, 0.15) is 52.9 Å². The lowest BCUT2D eigenvalue weighted by atomic mass is 9.91. The molecular weight excluding hydrogens is 370 g/mol. The average molecular weight is 404 g/mol. The summed E-state index contributed by atoms with van der Waals surface area (Å²) in [6, 6.07) is 12.8. The summed E-state index contributed by atoms with van der Waals surface area (Å²) < 4.78 is 12.0. The smallest absolute Gasteiger partial charge is 0.132 e. The summed E-state index contributed by atoms with van der Waals surface area (Å²) in [5.74, 6) is 1.75. The fraction of sp³-hybridized carbons (Fsp3) is 0.370. The number of pyridine rings is 1. The van der Waals surface area contributed by atoms with E-state index in [0.29, 0.717) is 6.61 Å². The molecule has 2 aromatic carbocycles. The van der Waals surface area contributed by atoms with E-state index in [2.05, 4.69) is 71.0 Å². The first-order valence-electron chi connectivity index (χ1n) is 10.8. The van der Waals surface area contributed by atoms with Gasteiger partial charge < -0.3 is 9.47 Å². The molecule has 1 heterocycles. The predicted octanol–water partition coefficient (Wildman–Crippen LogP) is 6.69. The topological polar surface area (TPSA) is 31.4 Å². The van der Waals surface area contributed by atoms with E-state index in [0.717, 1.165) is 46.9 Å². The molecule has 3 aromatic rings. The molecule has 3 rings (SSSR count). The molecule has 1 aromatic heterocycles. The van der Waals surface area contributed by atoms with Gasteiger partial charge in [0.2, 0.25) is 0 Å². The number of aromatic nitrogens is 1. The van der Waals surface area contributed by atoms with Crippen molar-refractivity contribution in [3.8, 4) is 22.8 Å². The Morgan fingerprint density at radius 2 is 1.47 bits per heavy atom. The Morgan fingerprint density at radius 3 is 2.00 bits per heavy atom. The maximum atomic E-state index is 6.15. The zero-order valence-corrected chi connectivity index (χ0v) is 19.3. The summed E-state index contributed by atoms with van der Waals surface area (Å²) in [7, 11) is 1.73. The van der Waals surface area contributed by atoms with Gasteiger partial charge in [0.25, 0.3) is 0 Å². The van der Waals surface area contributed by atoms with Crippen molar-refractivity contribution >= 4 is 0 Å². The van der Waals surface area contributed by atoms with Gasteiger partial charge in [-0.15, -0.1) is 0 Å². The highest BCUT2D eigenvalue weighted by molar-refractivity contribution is 5.73. The molecule has 0 saturated carbocycles. The average Bonchev–Trinajstić information content (AvgIpc) is 2.72. The van der Waals surface area contributed by atoms with Crippen LogP contribution in [0.2, 0.25) is 0 Å². The van der Waals surface area contributed by atoms with Crippen LogP contribution in [-0.2, 0) is 19.4 Å². The molecule has 158 valence electrons. The quantitative estimate of drug-likeness (QED) is 0.440. The van der Waals surface area contributed by atoms with Gasteiger partial charge in [-0.3, -0.25) is 4.98 Å². The van der Waals surface area contributed by atoms with Crippen molar-refractivity contribution in [1.29, 1.82) is 0 Å². The Labute approximate surface area is 181 Å². The molecule has 0 unspecified atom stereocenters. The van der Waals surface area contributed by atoms with Crippen molar-refractivity contribution in [2.24, 2.45) is 0 Å². The van der Waals surface area contributed by atoms with E-state index in [1.807, 2.05) is 6.92 Å². The van der Waals surface area contributed by atoms with E-state index in [-0.39, 0.29) is 0 Å². The normalized spacial score (nSPS) is 10.9. The standard InChI is InChI=1S/C27H33NO2/c1-8-21-11-10-12-22(9-2)25(21)26-19(5)27(29-7)24(20(6)28-26)16-30-23-14-17(3)13-18(4)15-23/h10-15H,8-9,16H2,1-7H3. The molecule has 0 bridgehead atoms. The number of hydrogen-bond donors (Lipinski definition) is 0. The summed E-state index contributed by atoms with van der Waals surface area (Å²) in [5.41, 5.74) is 10.3. The van der Waals surface area contributed by atoms with E-state index in [1.165, 1.54) is 27.8 Å². The molecule has 0 aliphatic rings. The van der Waals surface area contributed by atoms with E-state index < -0.39 is 0 Å². The SMILES string of the molecule is CCc1cccc(CC)c1-c1nc(C)c(COc2cc(C)cc(C)c2)c(OC)c1C. The number of ether oxygens (including phenoxy) is 2. The minimum Gasteiger partial charge on any atom is -0.496 e. The summed E-state index contributed by atoms with van der Waals surface area (Å²) in [6.07, 6.45) is 1.95. The van der Waals surface area contributed by atoms with Crippen LogP contribution < -0.4 is 9.47 Å². The second kappa shape index (κ2) is 9.34. The third kappa shape index (κ3) is 4.35. The Hall–Kier alpha value is -2.81. The minimum absolute atomic E-state index is 0.433. The first kappa shape index (κ1) is 21.9. The highest BCUT2D eigenvalue weighted by atomic mass is 16.5. The lowest BCUT2D eigenvalue weighted by Gasteiger charge is -2.20. The summed E-state index contributed by atoms with van der Waals surface area (Å²) in [6.45, 7) is 13.2. The van der Waals surface area contributed by atoms with Crippen LogP contribution in [0.15, 0.2) is 36.4 Å². The second-order valence-electron chi connectivity index (χ2n) is 7.95. The van der Waals surface area contributed by atoms with Gasteiger partial charge in [0.15, 0.2) is 0 Å². The van der Waals surface area contributed by atoms with Crippen molar-refractivity contribution in [3.63, 3.8) is 0 Å². The van der Waals surface area contributed by atoms with Crippen LogP contribution in [0, 0.1) is 27.7 Å². The van der Waals surface area contributed by atoms with Crippen molar-refractivity contribution < 1.29 is 9.47 Å². The molecular formula is C27H33NO2. The molecule has 0 saturated heterocycles. The molecule has 0 aliphatic heterocycles. The van der Waals surface area contributed by atoms with Gasteiger partial charge in [0.1, 0.15) is 18.1 Å². The molecule has 3 nitrogen and oxygen atoms in total. The molecule has 0 N–H and O–H groups in total. The van der Waals surface area contributed by atoms with Crippen LogP contribution in [0.25, 0.3) is 11.3 Å². The fourth-order valence-corrected chi connectivity index (χ4v) is 4.23. The van der Waals surface area contributed by atoms with Gasteiger partial charge in [0, 0.05) is 16.8 Å². The van der Waals surface area contributed by atoms with E-state index in [1.54, 1.807) is 7.11 Å². The molecule has 0 amide bonds. The number of hydrogen-bond acceptors (Lipinski definition) is 3. The number of benzene rings is 2. The van der Waals surface area contributed by atoms with Gasteiger partial charge in [0.05, 0.1) is 18.4 Å². The highest BCUT2D eigenvalue weighted by Crippen LogP contribution is 2.37. The molecule has 0 spiro atoms. The zero-order chi connectivity index (χ0) is 21.8. The molecule has 0 atom stereocenters. The Bertz CT molecular complexity index is 1010. The highest BCUT2D eigenvalue weighted by Gasteiger charge is 2.20. The third-order valence-corrected chi connectivity index (χ3v) is 5.70.